The van der Waals surface area contributed by atoms with Crippen molar-refractivity contribution in [2.24, 2.45) is 0 Å². The van der Waals surface area contributed by atoms with Crippen molar-refractivity contribution in [3.63, 3.8) is 0 Å². The third-order valence-electron chi connectivity index (χ3n) is 3.31. The zero-order valence-corrected chi connectivity index (χ0v) is 12.1. The number of benzene rings is 1. The fourth-order valence-corrected chi connectivity index (χ4v) is 2.03. The molecule has 0 atom stereocenters. The lowest BCUT2D eigenvalue weighted by Gasteiger charge is -2.26. The molecular weight excluding hydrogens is 252 g/mol. The zero-order valence-electron chi connectivity index (χ0n) is 12.1. The number of rotatable bonds is 4. The van der Waals surface area contributed by atoms with Gasteiger partial charge in [-0.25, -0.2) is 5.01 Å². The third-order valence-corrected chi connectivity index (χ3v) is 3.31. The Labute approximate surface area is 120 Å². The highest BCUT2D eigenvalue weighted by molar-refractivity contribution is 5.91. The van der Waals surface area contributed by atoms with Gasteiger partial charge in [-0.2, -0.15) is 0 Å². The summed E-state index contributed by atoms with van der Waals surface area (Å²) in [5.74, 6) is 0.428. The first-order chi connectivity index (χ1) is 9.65. The molecule has 1 aliphatic rings. The first kappa shape index (κ1) is 14.8. The number of amides is 1. The van der Waals surface area contributed by atoms with Gasteiger partial charge in [-0.15, -0.1) is 0 Å². The molecule has 108 valence electrons. The quantitative estimate of drug-likeness (QED) is 0.856. The Morgan fingerprint density at radius 2 is 1.90 bits per heavy atom. The van der Waals surface area contributed by atoms with Gasteiger partial charge in [0.25, 0.3) is 5.91 Å². The summed E-state index contributed by atoms with van der Waals surface area (Å²) in [5, 5.41) is 1.89. The van der Waals surface area contributed by atoms with Crippen LogP contribution in [-0.2, 0) is 9.53 Å². The van der Waals surface area contributed by atoms with Crippen LogP contribution in [0.15, 0.2) is 30.3 Å². The number of nitrogens with one attached hydrogen (secondary N) is 1. The number of morpholine rings is 1. The van der Waals surface area contributed by atoms with Gasteiger partial charge in [0, 0.05) is 19.2 Å². The maximum absolute atomic E-state index is 11.8. The molecule has 1 N–H and O–H groups in total. The molecule has 0 saturated carbocycles. The first-order valence-corrected chi connectivity index (χ1v) is 7.06. The second-order valence-corrected chi connectivity index (χ2v) is 5.23. The second kappa shape index (κ2) is 7.22. The minimum Gasteiger partial charge on any atom is -0.379 e. The van der Waals surface area contributed by atoms with Crippen LogP contribution in [0.3, 0.4) is 0 Å². The number of hydrogen-bond donors (Lipinski definition) is 1. The molecule has 0 unspecified atom stereocenters. The molecule has 20 heavy (non-hydrogen) atoms. The summed E-state index contributed by atoms with van der Waals surface area (Å²) in [7, 11) is 0. The van der Waals surface area contributed by atoms with E-state index in [1.54, 1.807) is 6.08 Å². The molecule has 1 aromatic rings. The van der Waals surface area contributed by atoms with Crippen LogP contribution in [0.1, 0.15) is 30.9 Å². The molecule has 1 fully saturated rings. The van der Waals surface area contributed by atoms with Gasteiger partial charge in [-0.1, -0.05) is 38.1 Å². The van der Waals surface area contributed by atoms with Crippen LogP contribution < -0.4 is 5.43 Å². The van der Waals surface area contributed by atoms with Gasteiger partial charge >= 0.3 is 0 Å². The highest BCUT2D eigenvalue weighted by Crippen LogP contribution is 2.15. The molecule has 4 nitrogen and oxygen atoms in total. The topological polar surface area (TPSA) is 41.6 Å². The van der Waals surface area contributed by atoms with E-state index in [1.165, 1.54) is 5.56 Å². The Hall–Kier alpha value is -1.65. The molecule has 1 aliphatic heterocycles. The van der Waals surface area contributed by atoms with Crippen molar-refractivity contribution in [3.05, 3.63) is 41.5 Å². The summed E-state index contributed by atoms with van der Waals surface area (Å²) >= 11 is 0. The first-order valence-electron chi connectivity index (χ1n) is 7.06. The molecule has 1 saturated heterocycles. The molecule has 4 heteroatoms. The summed E-state index contributed by atoms with van der Waals surface area (Å²) in [6, 6.07) is 8.27. The lowest BCUT2D eigenvalue weighted by atomic mass is 10.0. The molecule has 0 aliphatic carbocycles. The summed E-state index contributed by atoms with van der Waals surface area (Å²) in [6.45, 7) is 7.15. The van der Waals surface area contributed by atoms with Crippen LogP contribution >= 0.6 is 0 Å². The SMILES string of the molecule is CC(C)c1ccc(/C=C\C(=O)NN2CCOCC2)cc1. The fraction of sp³-hybridized carbons (Fsp3) is 0.438. The normalized spacial score (nSPS) is 16.8. The number of hydrogen-bond acceptors (Lipinski definition) is 3. The minimum atomic E-state index is -0.0974. The highest BCUT2D eigenvalue weighted by atomic mass is 16.5. The molecule has 0 bridgehead atoms. The second-order valence-electron chi connectivity index (χ2n) is 5.23. The molecule has 0 radical (unpaired) electrons. The van der Waals surface area contributed by atoms with E-state index in [-0.39, 0.29) is 5.91 Å². The minimum absolute atomic E-state index is 0.0974. The number of hydrazine groups is 1. The maximum Gasteiger partial charge on any atom is 0.258 e. The van der Waals surface area contributed by atoms with Gasteiger partial charge in [0.2, 0.25) is 0 Å². The van der Waals surface area contributed by atoms with Crippen molar-refractivity contribution in [3.8, 4) is 0 Å². The lowest BCUT2D eigenvalue weighted by molar-refractivity contribution is -0.123. The van der Waals surface area contributed by atoms with Crippen LogP contribution in [-0.4, -0.2) is 37.2 Å². The summed E-state index contributed by atoms with van der Waals surface area (Å²) in [5.41, 5.74) is 5.19. The molecule has 2 rings (SSSR count). The van der Waals surface area contributed by atoms with Crippen LogP contribution in [0, 0.1) is 0 Å². The molecule has 1 aromatic carbocycles. The Balaban J connectivity index is 1.86. The van der Waals surface area contributed by atoms with Gasteiger partial charge in [-0.05, 0) is 23.1 Å². The summed E-state index contributed by atoms with van der Waals surface area (Å²) in [6.07, 6.45) is 3.40. The number of carbonyl (C=O) groups excluding carboxylic acids is 1. The highest BCUT2D eigenvalue weighted by Gasteiger charge is 2.11. The number of ether oxygens (including phenoxy) is 1. The average molecular weight is 274 g/mol. The van der Waals surface area contributed by atoms with Gasteiger partial charge in [0.15, 0.2) is 0 Å². The largest absolute Gasteiger partial charge is 0.379 e. The zero-order chi connectivity index (χ0) is 14.4. The van der Waals surface area contributed by atoms with E-state index in [0.717, 1.165) is 18.7 Å². The number of carbonyl (C=O) groups is 1. The Morgan fingerprint density at radius 1 is 1.25 bits per heavy atom. The Kier molecular flexibility index (Phi) is 5.32. The molecular formula is C16H22N2O2. The summed E-state index contributed by atoms with van der Waals surface area (Å²) in [4.78, 5) is 11.8. The van der Waals surface area contributed by atoms with Crippen molar-refractivity contribution in [1.29, 1.82) is 0 Å². The van der Waals surface area contributed by atoms with Gasteiger partial charge < -0.3 is 4.74 Å². The van der Waals surface area contributed by atoms with Crippen molar-refractivity contribution in [2.75, 3.05) is 26.3 Å². The molecule has 0 spiro atoms. The monoisotopic (exact) mass is 274 g/mol. The smallest absolute Gasteiger partial charge is 0.258 e. The Morgan fingerprint density at radius 3 is 2.50 bits per heavy atom. The fourth-order valence-electron chi connectivity index (χ4n) is 2.03. The van der Waals surface area contributed by atoms with Gasteiger partial charge in [0.1, 0.15) is 0 Å². The van der Waals surface area contributed by atoms with Crippen LogP contribution in [0.4, 0.5) is 0 Å². The third kappa shape index (κ3) is 4.47. The van der Waals surface area contributed by atoms with Crippen LogP contribution in [0.2, 0.25) is 0 Å². The van der Waals surface area contributed by atoms with Crippen molar-refractivity contribution in [1.82, 2.24) is 10.4 Å². The van der Waals surface area contributed by atoms with E-state index in [2.05, 4.69) is 31.4 Å². The van der Waals surface area contributed by atoms with Crippen molar-refractivity contribution >= 4 is 12.0 Å². The standard InChI is InChI=1S/C16H22N2O2/c1-13(2)15-6-3-14(4-7-15)5-8-16(19)17-18-9-11-20-12-10-18/h3-8,13H,9-12H2,1-2H3,(H,17,19)/b8-5-. The van der Waals surface area contributed by atoms with E-state index in [1.807, 2.05) is 23.2 Å². The van der Waals surface area contributed by atoms with Crippen molar-refractivity contribution < 1.29 is 9.53 Å². The van der Waals surface area contributed by atoms with E-state index in [4.69, 9.17) is 4.74 Å². The average Bonchev–Trinajstić information content (AvgIpc) is 2.46. The Bertz CT molecular complexity index is 460. The predicted octanol–water partition coefficient (Wildman–Crippen LogP) is 2.19. The predicted molar refractivity (Wildman–Crippen MR) is 80.1 cm³/mol. The van der Waals surface area contributed by atoms with Gasteiger partial charge in [-0.3, -0.25) is 10.2 Å². The summed E-state index contributed by atoms with van der Waals surface area (Å²) < 4.78 is 5.23. The lowest BCUT2D eigenvalue weighted by Crippen LogP contribution is -2.47. The molecule has 1 heterocycles. The van der Waals surface area contributed by atoms with E-state index in [0.29, 0.717) is 19.1 Å². The molecule has 1 amide bonds. The maximum atomic E-state index is 11.8. The van der Waals surface area contributed by atoms with E-state index < -0.39 is 0 Å². The van der Waals surface area contributed by atoms with Gasteiger partial charge in [0.05, 0.1) is 13.2 Å². The van der Waals surface area contributed by atoms with E-state index in [9.17, 15) is 4.79 Å². The van der Waals surface area contributed by atoms with Crippen LogP contribution in [0.5, 0.6) is 0 Å². The van der Waals surface area contributed by atoms with Crippen LogP contribution in [0.25, 0.3) is 6.08 Å². The van der Waals surface area contributed by atoms with Crippen molar-refractivity contribution in [2.45, 2.75) is 19.8 Å². The molecule has 0 aromatic heterocycles. The number of nitrogens with zero attached hydrogens (tertiary/aromatic N) is 1. The van der Waals surface area contributed by atoms with E-state index >= 15 is 0 Å².